The molecular weight excluding hydrogens is 166 g/mol. The molecule has 0 aliphatic rings. The number of nitrogen functional groups attached to an aromatic ring is 1. The van der Waals surface area contributed by atoms with Gasteiger partial charge in [0.05, 0.1) is 0 Å². The monoisotopic (exact) mass is 173 g/mol. The van der Waals surface area contributed by atoms with Gasteiger partial charge in [0.25, 0.3) is 0 Å². The second-order valence-corrected chi connectivity index (χ2v) is 2.90. The molecule has 13 heavy (non-hydrogen) atoms. The SMILES string of the molecule is Nc1nc2oc3ccccc3c2[nH]1. The first kappa shape index (κ1) is 6.54. The van der Waals surface area contributed by atoms with Gasteiger partial charge in [0, 0.05) is 5.39 Å². The maximum absolute atomic E-state index is 5.50. The van der Waals surface area contributed by atoms with Gasteiger partial charge in [-0.2, -0.15) is 4.98 Å². The van der Waals surface area contributed by atoms with Gasteiger partial charge in [0.15, 0.2) is 0 Å². The van der Waals surface area contributed by atoms with E-state index < -0.39 is 0 Å². The third-order valence-corrected chi connectivity index (χ3v) is 2.05. The molecule has 4 nitrogen and oxygen atoms in total. The molecule has 0 saturated carbocycles. The Morgan fingerprint density at radius 3 is 3.08 bits per heavy atom. The quantitative estimate of drug-likeness (QED) is 0.545. The number of aromatic amines is 1. The van der Waals surface area contributed by atoms with Crippen molar-refractivity contribution in [2.45, 2.75) is 0 Å². The third kappa shape index (κ3) is 0.767. The molecular formula is C9H7N3O. The summed E-state index contributed by atoms with van der Waals surface area (Å²) in [6, 6.07) is 7.75. The van der Waals surface area contributed by atoms with Crippen molar-refractivity contribution in [3.05, 3.63) is 24.3 Å². The van der Waals surface area contributed by atoms with Crippen LogP contribution in [0, 0.1) is 0 Å². The fourth-order valence-corrected chi connectivity index (χ4v) is 1.50. The molecule has 0 bridgehead atoms. The van der Waals surface area contributed by atoms with E-state index >= 15 is 0 Å². The van der Waals surface area contributed by atoms with Crippen LogP contribution >= 0.6 is 0 Å². The first-order valence-electron chi connectivity index (χ1n) is 3.97. The maximum atomic E-state index is 5.50. The van der Waals surface area contributed by atoms with E-state index in [1.54, 1.807) is 0 Å². The Morgan fingerprint density at radius 2 is 2.15 bits per heavy atom. The van der Waals surface area contributed by atoms with Crippen LogP contribution in [0.15, 0.2) is 28.7 Å². The van der Waals surface area contributed by atoms with Crippen LogP contribution in [0.4, 0.5) is 5.95 Å². The van der Waals surface area contributed by atoms with Crippen molar-refractivity contribution in [2.24, 2.45) is 0 Å². The van der Waals surface area contributed by atoms with Gasteiger partial charge < -0.3 is 15.1 Å². The van der Waals surface area contributed by atoms with E-state index in [-0.39, 0.29) is 0 Å². The Labute approximate surface area is 73.4 Å². The molecule has 2 aromatic heterocycles. The summed E-state index contributed by atoms with van der Waals surface area (Å²) in [4.78, 5) is 6.96. The second kappa shape index (κ2) is 2.04. The second-order valence-electron chi connectivity index (χ2n) is 2.90. The molecule has 0 amide bonds. The number of nitrogens with one attached hydrogen (secondary N) is 1. The molecule has 0 aliphatic heterocycles. The highest BCUT2D eigenvalue weighted by Gasteiger charge is 2.09. The van der Waals surface area contributed by atoms with Crippen molar-refractivity contribution in [2.75, 3.05) is 5.73 Å². The number of fused-ring (bicyclic) bond motifs is 3. The van der Waals surface area contributed by atoms with Crippen molar-refractivity contribution >= 4 is 28.1 Å². The molecule has 1 aromatic carbocycles. The summed E-state index contributed by atoms with van der Waals surface area (Å²) in [5.41, 5.74) is 7.77. The van der Waals surface area contributed by atoms with Crippen molar-refractivity contribution in [3.8, 4) is 0 Å². The predicted octanol–water partition coefficient (Wildman–Crippen LogP) is 1.89. The van der Waals surface area contributed by atoms with Gasteiger partial charge >= 0.3 is 0 Å². The van der Waals surface area contributed by atoms with Gasteiger partial charge in [-0.1, -0.05) is 12.1 Å². The van der Waals surface area contributed by atoms with Crippen LogP contribution < -0.4 is 5.73 Å². The zero-order chi connectivity index (χ0) is 8.84. The number of hydrogen-bond acceptors (Lipinski definition) is 3. The first-order valence-corrected chi connectivity index (χ1v) is 3.97. The minimum absolute atomic E-state index is 0.388. The molecule has 4 heteroatoms. The summed E-state index contributed by atoms with van der Waals surface area (Å²) in [6.07, 6.45) is 0. The van der Waals surface area contributed by atoms with Crippen LogP contribution in [-0.4, -0.2) is 9.97 Å². The molecule has 0 fully saturated rings. The number of H-pyrrole nitrogens is 1. The smallest absolute Gasteiger partial charge is 0.247 e. The Kier molecular flexibility index (Phi) is 1.02. The van der Waals surface area contributed by atoms with Gasteiger partial charge in [-0.05, 0) is 12.1 Å². The van der Waals surface area contributed by atoms with Crippen molar-refractivity contribution < 1.29 is 4.42 Å². The van der Waals surface area contributed by atoms with E-state index in [1.165, 1.54) is 0 Å². The Bertz CT molecular complexity index is 579. The molecule has 0 spiro atoms. The topological polar surface area (TPSA) is 67.8 Å². The minimum atomic E-state index is 0.388. The van der Waals surface area contributed by atoms with E-state index in [2.05, 4.69) is 9.97 Å². The molecule has 3 aromatic rings. The average molecular weight is 173 g/mol. The lowest BCUT2D eigenvalue weighted by Gasteiger charge is -1.85. The minimum Gasteiger partial charge on any atom is -0.436 e. The van der Waals surface area contributed by atoms with E-state index in [0.29, 0.717) is 11.7 Å². The number of nitrogens with zero attached hydrogens (tertiary/aromatic N) is 1. The standard InChI is InChI=1S/C9H7N3O/c10-9-11-7-5-3-1-2-4-6(5)13-8(7)12-9/h1-4H,(H3,10,11,12). The maximum Gasteiger partial charge on any atom is 0.247 e. The number of aromatic nitrogens is 2. The number of imidazole rings is 1. The lowest BCUT2D eigenvalue weighted by atomic mass is 10.2. The lowest BCUT2D eigenvalue weighted by Crippen LogP contribution is -1.84. The van der Waals surface area contributed by atoms with Gasteiger partial charge in [0.2, 0.25) is 11.7 Å². The molecule has 2 heterocycles. The number of anilines is 1. The number of para-hydroxylation sites is 1. The largest absolute Gasteiger partial charge is 0.436 e. The van der Waals surface area contributed by atoms with Crippen LogP contribution in [-0.2, 0) is 0 Å². The van der Waals surface area contributed by atoms with E-state index in [1.807, 2.05) is 24.3 Å². The molecule has 0 aliphatic carbocycles. The van der Waals surface area contributed by atoms with Crippen LogP contribution in [0.1, 0.15) is 0 Å². The number of nitrogens with two attached hydrogens (primary N) is 1. The highest BCUT2D eigenvalue weighted by atomic mass is 16.3. The van der Waals surface area contributed by atoms with Crippen LogP contribution in [0.5, 0.6) is 0 Å². The Morgan fingerprint density at radius 1 is 1.31 bits per heavy atom. The fraction of sp³-hybridized carbons (Fsp3) is 0. The van der Waals surface area contributed by atoms with Gasteiger partial charge in [-0.3, -0.25) is 0 Å². The van der Waals surface area contributed by atoms with Crippen LogP contribution in [0.25, 0.3) is 22.2 Å². The number of hydrogen-bond donors (Lipinski definition) is 2. The van der Waals surface area contributed by atoms with Gasteiger partial charge in [0.1, 0.15) is 11.1 Å². The summed E-state index contributed by atoms with van der Waals surface area (Å²) in [5, 5.41) is 1.02. The highest BCUT2D eigenvalue weighted by molar-refractivity contribution is 6.01. The van der Waals surface area contributed by atoms with E-state index in [0.717, 1.165) is 16.5 Å². The summed E-state index contributed by atoms with van der Waals surface area (Å²) < 4.78 is 5.45. The van der Waals surface area contributed by atoms with Gasteiger partial charge in [-0.25, -0.2) is 0 Å². The van der Waals surface area contributed by atoms with E-state index in [4.69, 9.17) is 10.2 Å². The summed E-state index contributed by atoms with van der Waals surface area (Å²) in [6.45, 7) is 0. The first-order chi connectivity index (χ1) is 6.34. The fourth-order valence-electron chi connectivity index (χ4n) is 1.50. The van der Waals surface area contributed by atoms with Crippen LogP contribution in [0.2, 0.25) is 0 Å². The molecule has 0 radical (unpaired) electrons. The number of furan rings is 1. The summed E-state index contributed by atoms with van der Waals surface area (Å²) in [7, 11) is 0. The van der Waals surface area contributed by atoms with Crippen molar-refractivity contribution in [1.29, 1.82) is 0 Å². The number of benzene rings is 1. The van der Waals surface area contributed by atoms with Gasteiger partial charge in [-0.15, -0.1) is 0 Å². The Balaban J connectivity index is 2.60. The molecule has 0 saturated heterocycles. The Hall–Kier alpha value is -1.97. The van der Waals surface area contributed by atoms with Crippen molar-refractivity contribution in [1.82, 2.24) is 9.97 Å². The molecule has 0 unspecified atom stereocenters. The molecule has 0 atom stereocenters. The molecule has 3 rings (SSSR count). The zero-order valence-electron chi connectivity index (χ0n) is 6.74. The zero-order valence-corrected chi connectivity index (χ0v) is 6.74. The summed E-state index contributed by atoms with van der Waals surface area (Å²) >= 11 is 0. The number of rotatable bonds is 0. The van der Waals surface area contributed by atoms with E-state index in [9.17, 15) is 0 Å². The van der Waals surface area contributed by atoms with Crippen molar-refractivity contribution in [3.63, 3.8) is 0 Å². The molecule has 64 valence electrons. The summed E-state index contributed by atoms with van der Waals surface area (Å²) in [5.74, 6) is 0.388. The highest BCUT2D eigenvalue weighted by Crippen LogP contribution is 2.26. The lowest BCUT2D eigenvalue weighted by molar-refractivity contribution is 0.656. The average Bonchev–Trinajstić information content (AvgIpc) is 2.60. The molecule has 3 N–H and O–H groups in total. The van der Waals surface area contributed by atoms with Crippen LogP contribution in [0.3, 0.4) is 0 Å². The third-order valence-electron chi connectivity index (χ3n) is 2.05. The normalized spacial score (nSPS) is 11.4. The predicted molar refractivity (Wildman–Crippen MR) is 50.3 cm³/mol.